The quantitative estimate of drug-likeness (QED) is 0.530. The van der Waals surface area contributed by atoms with Crippen LogP contribution in [-0.2, 0) is 0 Å². The van der Waals surface area contributed by atoms with Crippen molar-refractivity contribution in [2.24, 2.45) is 0 Å². The van der Waals surface area contributed by atoms with Crippen LogP contribution < -0.4 is 16.0 Å². The Morgan fingerprint density at radius 2 is 2.10 bits per heavy atom. The van der Waals surface area contributed by atoms with Gasteiger partial charge in [0.15, 0.2) is 0 Å². The van der Waals surface area contributed by atoms with Crippen LogP contribution >= 0.6 is 34.1 Å². The number of anilines is 3. The highest BCUT2D eigenvalue weighted by molar-refractivity contribution is 14.1. The van der Waals surface area contributed by atoms with E-state index >= 15 is 0 Å². The minimum Gasteiger partial charge on any atom is -0.357 e. The van der Waals surface area contributed by atoms with Gasteiger partial charge in [0.05, 0.1) is 0 Å². The molecule has 2 rings (SSSR count). The zero-order chi connectivity index (χ0) is 14.4. The third kappa shape index (κ3) is 4.46. The van der Waals surface area contributed by atoms with Crippen LogP contribution in [0.1, 0.15) is 0 Å². The minimum atomic E-state index is -0.376. The summed E-state index contributed by atoms with van der Waals surface area (Å²) in [5.74, 6) is 0.268. The average molecular weight is 401 g/mol. The monoisotopic (exact) mass is 401 g/mol. The summed E-state index contributed by atoms with van der Waals surface area (Å²) in [6.45, 7) is 4.20. The van der Waals surface area contributed by atoms with Crippen LogP contribution in [0.5, 0.6) is 0 Å². The number of halogens is 1. The van der Waals surface area contributed by atoms with E-state index in [0.29, 0.717) is 17.4 Å². The van der Waals surface area contributed by atoms with E-state index in [0.717, 1.165) is 3.57 Å². The largest absolute Gasteiger partial charge is 0.357 e. The van der Waals surface area contributed by atoms with E-state index in [1.165, 1.54) is 11.5 Å². The summed E-state index contributed by atoms with van der Waals surface area (Å²) in [4.78, 5) is 15.9. The fourth-order valence-corrected chi connectivity index (χ4v) is 2.20. The zero-order valence-corrected chi connectivity index (χ0v) is 13.4. The number of amides is 2. The molecule has 0 saturated carbocycles. The number of hydrogen-bond acceptors (Lipinski definition) is 5. The van der Waals surface area contributed by atoms with E-state index in [-0.39, 0.29) is 12.0 Å². The summed E-state index contributed by atoms with van der Waals surface area (Å²) in [5, 5.41) is 8.91. The van der Waals surface area contributed by atoms with Gasteiger partial charge in [0.1, 0.15) is 0 Å². The van der Waals surface area contributed by atoms with Crippen LogP contribution in [0.3, 0.4) is 0 Å². The van der Waals surface area contributed by atoms with Crippen LogP contribution in [0, 0.1) is 3.57 Å². The fourth-order valence-electron chi connectivity index (χ4n) is 1.30. The zero-order valence-electron chi connectivity index (χ0n) is 10.4. The van der Waals surface area contributed by atoms with Crippen molar-refractivity contribution < 1.29 is 4.79 Å². The molecule has 0 fully saturated rings. The second-order valence-corrected chi connectivity index (χ2v) is 5.68. The van der Waals surface area contributed by atoms with Gasteiger partial charge in [0.25, 0.3) is 0 Å². The third-order valence-electron chi connectivity index (χ3n) is 2.15. The molecule has 104 valence electrons. The highest BCUT2D eigenvalue weighted by atomic mass is 127. The lowest BCUT2D eigenvalue weighted by Gasteiger charge is -2.04. The number of nitrogens with one attached hydrogen (secondary N) is 3. The molecule has 0 unspecified atom stereocenters. The molecule has 3 N–H and O–H groups in total. The smallest absolute Gasteiger partial charge is 0.326 e. The van der Waals surface area contributed by atoms with Crippen LogP contribution in [0.4, 0.5) is 21.6 Å². The predicted octanol–water partition coefficient (Wildman–Crippen LogP) is 3.38. The first kappa shape index (κ1) is 14.7. The molecule has 0 atom stereocenters. The predicted molar refractivity (Wildman–Crippen MR) is 90.4 cm³/mol. The molecule has 1 aromatic heterocycles. The summed E-state index contributed by atoms with van der Waals surface area (Å²) in [6.07, 6.45) is 1.72. The molecule has 0 aliphatic rings. The summed E-state index contributed by atoms with van der Waals surface area (Å²) < 4.78 is 5.13. The number of benzene rings is 1. The normalized spacial score (nSPS) is 9.85. The molecule has 6 nitrogen and oxygen atoms in total. The van der Waals surface area contributed by atoms with Gasteiger partial charge < -0.3 is 10.6 Å². The van der Waals surface area contributed by atoms with E-state index in [9.17, 15) is 4.79 Å². The minimum absolute atomic E-state index is 0.268. The van der Waals surface area contributed by atoms with Gasteiger partial charge in [-0.1, -0.05) is 6.08 Å². The first-order valence-electron chi connectivity index (χ1n) is 5.69. The van der Waals surface area contributed by atoms with Crippen LogP contribution in [0.2, 0.25) is 0 Å². The maximum Gasteiger partial charge on any atom is 0.326 e. The highest BCUT2D eigenvalue weighted by Gasteiger charge is 2.07. The lowest BCUT2D eigenvalue weighted by atomic mass is 10.3. The molecule has 8 heteroatoms. The standard InChI is InChI=1S/C12H12IN5OS/c1-2-7-14-12-17-10(18-20-12)16-11(19)15-9-5-3-8(13)4-6-9/h2-6H,1,7H2,(H3,14,15,16,17,18,19). The van der Waals surface area contributed by atoms with Gasteiger partial charge in [-0.05, 0) is 46.9 Å². The molecule has 0 aliphatic carbocycles. The Morgan fingerprint density at radius 3 is 2.80 bits per heavy atom. The van der Waals surface area contributed by atoms with Gasteiger partial charge in [-0.2, -0.15) is 9.36 Å². The molecule has 2 amide bonds. The van der Waals surface area contributed by atoms with Crippen molar-refractivity contribution in [1.82, 2.24) is 9.36 Å². The van der Waals surface area contributed by atoms with Gasteiger partial charge in [-0.3, -0.25) is 5.32 Å². The first-order chi connectivity index (χ1) is 9.67. The fraction of sp³-hybridized carbons (Fsp3) is 0.0833. The molecule has 0 saturated heterocycles. The number of urea groups is 1. The summed E-state index contributed by atoms with van der Waals surface area (Å²) in [5.41, 5.74) is 0.711. The maximum atomic E-state index is 11.8. The topological polar surface area (TPSA) is 78.9 Å². The molecule has 0 radical (unpaired) electrons. The maximum absolute atomic E-state index is 11.8. The number of aromatic nitrogens is 2. The van der Waals surface area contributed by atoms with Crippen molar-refractivity contribution in [3.63, 3.8) is 0 Å². The second kappa shape index (κ2) is 7.20. The molecule has 20 heavy (non-hydrogen) atoms. The van der Waals surface area contributed by atoms with Crippen molar-refractivity contribution in [3.8, 4) is 0 Å². The Labute approximate surface area is 134 Å². The summed E-state index contributed by atoms with van der Waals surface area (Å²) in [6, 6.07) is 7.10. The Morgan fingerprint density at radius 1 is 1.35 bits per heavy atom. The number of rotatable bonds is 5. The van der Waals surface area contributed by atoms with Crippen molar-refractivity contribution in [3.05, 3.63) is 40.5 Å². The van der Waals surface area contributed by atoms with Crippen LogP contribution in [0.15, 0.2) is 36.9 Å². The van der Waals surface area contributed by atoms with Crippen molar-refractivity contribution >= 4 is 56.9 Å². The number of carbonyl (C=O) groups excluding carboxylic acids is 1. The summed E-state index contributed by atoms with van der Waals surface area (Å²) >= 11 is 3.38. The van der Waals surface area contributed by atoms with Gasteiger partial charge in [0, 0.05) is 27.3 Å². The molecular formula is C12H12IN5OS. The van der Waals surface area contributed by atoms with Crippen LogP contribution in [-0.4, -0.2) is 21.9 Å². The summed E-state index contributed by atoms with van der Waals surface area (Å²) in [7, 11) is 0. The van der Waals surface area contributed by atoms with E-state index in [1.807, 2.05) is 24.3 Å². The molecule has 1 aromatic carbocycles. The van der Waals surface area contributed by atoms with E-state index in [1.54, 1.807) is 6.08 Å². The number of hydrogen-bond donors (Lipinski definition) is 3. The number of carbonyl (C=O) groups is 1. The van der Waals surface area contributed by atoms with Crippen molar-refractivity contribution in [1.29, 1.82) is 0 Å². The molecule has 1 heterocycles. The Hall–Kier alpha value is -1.68. The average Bonchev–Trinajstić information content (AvgIpc) is 2.86. The molecule has 0 spiro atoms. The van der Waals surface area contributed by atoms with E-state index in [2.05, 4.69) is 54.5 Å². The van der Waals surface area contributed by atoms with Gasteiger partial charge in [-0.15, -0.1) is 6.58 Å². The van der Waals surface area contributed by atoms with Crippen molar-refractivity contribution in [2.45, 2.75) is 0 Å². The van der Waals surface area contributed by atoms with Gasteiger partial charge in [0.2, 0.25) is 11.1 Å². The van der Waals surface area contributed by atoms with E-state index < -0.39 is 0 Å². The molecular weight excluding hydrogens is 389 g/mol. The second-order valence-electron chi connectivity index (χ2n) is 3.68. The molecule has 0 bridgehead atoms. The van der Waals surface area contributed by atoms with Crippen LogP contribution in [0.25, 0.3) is 0 Å². The third-order valence-corrected chi connectivity index (χ3v) is 3.54. The van der Waals surface area contributed by atoms with E-state index in [4.69, 9.17) is 0 Å². The highest BCUT2D eigenvalue weighted by Crippen LogP contribution is 2.15. The first-order valence-corrected chi connectivity index (χ1v) is 7.54. The Bertz CT molecular complexity index is 598. The SMILES string of the molecule is C=CCNc1nc(NC(=O)Nc2ccc(I)cc2)ns1. The van der Waals surface area contributed by atoms with Crippen molar-refractivity contribution in [2.75, 3.05) is 22.5 Å². The van der Waals surface area contributed by atoms with Gasteiger partial charge >= 0.3 is 6.03 Å². The number of nitrogens with zero attached hydrogens (tertiary/aromatic N) is 2. The van der Waals surface area contributed by atoms with Gasteiger partial charge in [-0.25, -0.2) is 4.79 Å². The lowest BCUT2D eigenvalue weighted by molar-refractivity contribution is 0.262. The Balaban J connectivity index is 1.89. The Kier molecular flexibility index (Phi) is 5.30. The molecule has 2 aromatic rings. The molecule has 0 aliphatic heterocycles. The lowest BCUT2D eigenvalue weighted by Crippen LogP contribution is -2.20.